The van der Waals surface area contributed by atoms with E-state index in [0.29, 0.717) is 0 Å². The first kappa shape index (κ1) is 16.2. The maximum Gasteiger partial charge on any atom is 0.416 e. The van der Waals surface area contributed by atoms with Gasteiger partial charge in [0.05, 0.1) is 5.56 Å². The van der Waals surface area contributed by atoms with Gasteiger partial charge in [0.2, 0.25) is 0 Å². The zero-order valence-electron chi connectivity index (χ0n) is 11.4. The van der Waals surface area contributed by atoms with Crippen LogP contribution < -0.4 is 0 Å². The first-order valence-electron chi connectivity index (χ1n) is 5.91. The third kappa shape index (κ3) is 5.03. The summed E-state index contributed by atoms with van der Waals surface area (Å²) in [5, 5.41) is 0. The summed E-state index contributed by atoms with van der Waals surface area (Å²) in [6.07, 6.45) is -4.95. The van der Waals surface area contributed by atoms with E-state index in [2.05, 4.69) is 0 Å². The minimum absolute atomic E-state index is 0.0452. The Morgan fingerprint density at radius 2 is 1.55 bits per heavy atom. The Hall–Kier alpha value is -1.85. The molecule has 6 heteroatoms. The van der Waals surface area contributed by atoms with Crippen LogP contribution in [0.25, 0.3) is 0 Å². The second-order valence-electron chi connectivity index (χ2n) is 5.26. The van der Waals surface area contributed by atoms with E-state index in [-0.39, 0.29) is 5.56 Å². The normalized spacial score (nSPS) is 12.1. The van der Waals surface area contributed by atoms with Crippen LogP contribution in [0.4, 0.5) is 13.2 Å². The average Bonchev–Trinajstić information content (AvgIpc) is 2.25. The molecule has 0 saturated carbocycles. The molecule has 0 aliphatic carbocycles. The van der Waals surface area contributed by atoms with Crippen molar-refractivity contribution in [2.75, 3.05) is 0 Å². The third-order valence-corrected chi connectivity index (χ3v) is 2.26. The molecule has 0 fully saturated rings. The molecular formula is C14H15F3O3. The Labute approximate surface area is 114 Å². The summed E-state index contributed by atoms with van der Waals surface area (Å²) >= 11 is 0. The fourth-order valence-electron chi connectivity index (χ4n) is 1.46. The first-order valence-corrected chi connectivity index (χ1v) is 5.91. The van der Waals surface area contributed by atoms with Crippen molar-refractivity contribution in [3.05, 3.63) is 35.4 Å². The van der Waals surface area contributed by atoms with Gasteiger partial charge in [-0.2, -0.15) is 13.2 Å². The lowest BCUT2D eigenvalue weighted by Crippen LogP contribution is -2.25. The molecule has 0 radical (unpaired) electrons. The summed E-state index contributed by atoms with van der Waals surface area (Å²) in [7, 11) is 0. The minimum atomic E-state index is -4.45. The zero-order valence-corrected chi connectivity index (χ0v) is 11.4. The molecular weight excluding hydrogens is 273 g/mol. The van der Waals surface area contributed by atoms with Crippen molar-refractivity contribution in [2.45, 2.75) is 39.0 Å². The Bertz CT molecular complexity index is 496. The van der Waals surface area contributed by atoms with Gasteiger partial charge in [-0.1, -0.05) is 12.1 Å². The van der Waals surface area contributed by atoms with Gasteiger partial charge < -0.3 is 4.74 Å². The van der Waals surface area contributed by atoms with Gasteiger partial charge in [0.15, 0.2) is 5.78 Å². The lowest BCUT2D eigenvalue weighted by Gasteiger charge is -2.19. The van der Waals surface area contributed by atoms with Crippen LogP contribution in [0.1, 0.15) is 43.1 Å². The highest BCUT2D eigenvalue weighted by molar-refractivity contribution is 6.06. The maximum absolute atomic E-state index is 12.4. The van der Waals surface area contributed by atoms with E-state index in [0.717, 1.165) is 24.3 Å². The van der Waals surface area contributed by atoms with Crippen molar-refractivity contribution >= 4 is 11.8 Å². The van der Waals surface area contributed by atoms with Crippen LogP contribution in [0.2, 0.25) is 0 Å². The van der Waals surface area contributed by atoms with Gasteiger partial charge in [-0.25, -0.2) is 0 Å². The number of benzene rings is 1. The summed E-state index contributed by atoms with van der Waals surface area (Å²) in [6, 6.07) is 3.72. The molecule has 0 aliphatic rings. The van der Waals surface area contributed by atoms with Crippen LogP contribution in [-0.2, 0) is 15.7 Å². The topological polar surface area (TPSA) is 43.4 Å². The van der Waals surface area contributed by atoms with Crippen LogP contribution in [-0.4, -0.2) is 17.4 Å². The van der Waals surface area contributed by atoms with Gasteiger partial charge in [-0.15, -0.1) is 0 Å². The molecule has 0 heterocycles. The summed E-state index contributed by atoms with van der Waals surface area (Å²) < 4.78 is 42.0. The zero-order chi connectivity index (χ0) is 15.6. The number of rotatable bonds is 3. The molecule has 0 aromatic heterocycles. The maximum atomic E-state index is 12.4. The highest BCUT2D eigenvalue weighted by Crippen LogP contribution is 2.29. The molecule has 0 bridgehead atoms. The van der Waals surface area contributed by atoms with Gasteiger partial charge in [-0.05, 0) is 32.9 Å². The third-order valence-electron chi connectivity index (χ3n) is 2.26. The number of halogens is 3. The van der Waals surface area contributed by atoms with E-state index >= 15 is 0 Å². The minimum Gasteiger partial charge on any atom is -0.460 e. The number of ether oxygens (including phenoxy) is 1. The Balaban J connectivity index is 2.72. The van der Waals surface area contributed by atoms with Crippen LogP contribution >= 0.6 is 0 Å². The van der Waals surface area contributed by atoms with Crippen molar-refractivity contribution in [1.29, 1.82) is 0 Å². The summed E-state index contributed by atoms with van der Waals surface area (Å²) in [5.74, 6) is -1.28. The predicted molar refractivity (Wildman–Crippen MR) is 66.2 cm³/mol. The number of Topliss-reactive ketones (excluding diaryl/α,β-unsaturated/α-hetero) is 1. The van der Waals surface area contributed by atoms with E-state index in [1.807, 2.05) is 0 Å². The number of alkyl halides is 3. The van der Waals surface area contributed by atoms with Crippen LogP contribution in [0, 0.1) is 0 Å². The smallest absolute Gasteiger partial charge is 0.416 e. The number of hydrogen-bond acceptors (Lipinski definition) is 3. The molecule has 0 aliphatic heterocycles. The highest BCUT2D eigenvalue weighted by atomic mass is 19.4. The molecule has 0 amide bonds. The number of esters is 1. The molecule has 3 nitrogen and oxygen atoms in total. The molecule has 0 atom stereocenters. The Kier molecular flexibility index (Phi) is 4.57. The molecule has 1 aromatic carbocycles. The van der Waals surface area contributed by atoms with E-state index in [9.17, 15) is 22.8 Å². The van der Waals surface area contributed by atoms with Crippen LogP contribution in [0.3, 0.4) is 0 Å². The summed E-state index contributed by atoms with van der Waals surface area (Å²) in [5.41, 5.74) is -1.51. The van der Waals surface area contributed by atoms with Gasteiger partial charge in [0.1, 0.15) is 12.0 Å². The standard InChI is InChI=1S/C14H15F3O3/c1-13(2,3)20-12(19)8-11(18)9-4-6-10(7-5-9)14(15,16)17/h4-7H,8H2,1-3H3. The van der Waals surface area contributed by atoms with E-state index < -0.39 is 35.5 Å². The van der Waals surface area contributed by atoms with Crippen molar-refractivity contribution in [3.8, 4) is 0 Å². The molecule has 20 heavy (non-hydrogen) atoms. The number of carbonyl (C=O) groups excluding carboxylic acids is 2. The predicted octanol–water partition coefficient (Wildman–Crippen LogP) is 3.62. The second kappa shape index (κ2) is 5.64. The molecule has 0 spiro atoms. The van der Waals surface area contributed by atoms with Gasteiger partial charge in [-0.3, -0.25) is 9.59 Å². The van der Waals surface area contributed by atoms with Crippen molar-refractivity contribution in [3.63, 3.8) is 0 Å². The van der Waals surface area contributed by atoms with Crippen LogP contribution in [0.5, 0.6) is 0 Å². The number of ketones is 1. The van der Waals surface area contributed by atoms with Gasteiger partial charge in [0, 0.05) is 5.56 Å². The van der Waals surface area contributed by atoms with E-state index in [1.54, 1.807) is 20.8 Å². The average molecular weight is 288 g/mol. The van der Waals surface area contributed by atoms with Crippen molar-refractivity contribution < 1.29 is 27.5 Å². The molecule has 0 unspecified atom stereocenters. The van der Waals surface area contributed by atoms with E-state index in [4.69, 9.17) is 4.74 Å². The lowest BCUT2D eigenvalue weighted by molar-refractivity contribution is -0.153. The molecule has 1 rings (SSSR count). The second-order valence-corrected chi connectivity index (χ2v) is 5.26. The fraction of sp³-hybridized carbons (Fsp3) is 0.429. The molecule has 110 valence electrons. The van der Waals surface area contributed by atoms with Crippen molar-refractivity contribution in [2.24, 2.45) is 0 Å². The lowest BCUT2D eigenvalue weighted by atomic mass is 10.1. The molecule has 0 saturated heterocycles. The SMILES string of the molecule is CC(C)(C)OC(=O)CC(=O)c1ccc(C(F)(F)F)cc1. The number of hydrogen-bond donors (Lipinski definition) is 0. The largest absolute Gasteiger partial charge is 0.460 e. The van der Waals surface area contributed by atoms with Gasteiger partial charge in [0.25, 0.3) is 0 Å². The Morgan fingerprint density at radius 3 is 1.95 bits per heavy atom. The highest BCUT2D eigenvalue weighted by Gasteiger charge is 2.30. The first-order chi connectivity index (χ1) is 8.99. The Morgan fingerprint density at radius 1 is 1.05 bits per heavy atom. The monoisotopic (exact) mass is 288 g/mol. The molecule has 1 aromatic rings. The quantitative estimate of drug-likeness (QED) is 0.484. The fourth-order valence-corrected chi connectivity index (χ4v) is 1.46. The summed E-state index contributed by atoms with van der Waals surface area (Å²) in [6.45, 7) is 4.98. The van der Waals surface area contributed by atoms with E-state index in [1.165, 1.54) is 0 Å². The van der Waals surface area contributed by atoms with Crippen LogP contribution in [0.15, 0.2) is 24.3 Å². The van der Waals surface area contributed by atoms with Gasteiger partial charge >= 0.3 is 12.1 Å². The summed E-state index contributed by atoms with van der Waals surface area (Å²) in [4.78, 5) is 23.2. The van der Waals surface area contributed by atoms with Crippen molar-refractivity contribution in [1.82, 2.24) is 0 Å². The molecule has 0 N–H and O–H groups in total. The number of carbonyl (C=O) groups is 2.